The van der Waals surface area contributed by atoms with E-state index in [4.69, 9.17) is 5.73 Å². The van der Waals surface area contributed by atoms with Gasteiger partial charge in [0.1, 0.15) is 5.82 Å². The van der Waals surface area contributed by atoms with E-state index in [9.17, 15) is 17.6 Å². The molecule has 0 unspecified atom stereocenters. The number of rotatable bonds is 2. The van der Waals surface area contributed by atoms with Crippen LogP contribution in [0.1, 0.15) is 11.1 Å². The van der Waals surface area contributed by atoms with Crippen molar-refractivity contribution in [2.45, 2.75) is 12.7 Å². The summed E-state index contributed by atoms with van der Waals surface area (Å²) < 4.78 is 52.8. The molecule has 0 fully saturated rings. The highest BCUT2D eigenvalue weighted by molar-refractivity contribution is 5.85. The minimum Gasteiger partial charge on any atom is -0.396 e. The quantitative estimate of drug-likeness (QED) is 0.865. The molecule has 0 saturated heterocycles. The lowest BCUT2D eigenvalue weighted by atomic mass is 10.1. The van der Waals surface area contributed by atoms with Crippen LogP contribution in [0.3, 0.4) is 0 Å². The van der Waals surface area contributed by atoms with Crippen LogP contribution in [-0.4, -0.2) is 9.78 Å². The summed E-state index contributed by atoms with van der Waals surface area (Å²) in [5.41, 5.74) is 4.25. The van der Waals surface area contributed by atoms with Gasteiger partial charge in [0.05, 0.1) is 24.0 Å². The average molecular weight is 296 g/mol. The maximum absolute atomic E-state index is 13.5. The summed E-state index contributed by atoms with van der Waals surface area (Å²) in [5, 5.41) is 3.73. The monoisotopic (exact) mass is 295 g/mol. The molecule has 2 rings (SSSR count). The van der Waals surface area contributed by atoms with E-state index in [1.165, 1.54) is 12.4 Å². The first-order chi connectivity index (χ1) is 8.38. The van der Waals surface area contributed by atoms with Gasteiger partial charge in [-0.15, -0.1) is 12.4 Å². The van der Waals surface area contributed by atoms with Gasteiger partial charge in [-0.05, 0) is 12.1 Å². The standard InChI is InChI=1S/C11H9F4N3.ClH/c12-10-3-1-2-9(11(13,14)15)8(10)6-18-5-7(16)4-17-18;/h1-5H,6,16H2;1H. The van der Waals surface area contributed by atoms with Gasteiger partial charge in [-0.2, -0.15) is 18.3 Å². The number of nitrogen functional groups attached to an aromatic ring is 1. The van der Waals surface area contributed by atoms with Crippen LogP contribution in [0.25, 0.3) is 0 Å². The van der Waals surface area contributed by atoms with Crippen LogP contribution in [0, 0.1) is 5.82 Å². The van der Waals surface area contributed by atoms with Crippen molar-refractivity contribution in [1.82, 2.24) is 9.78 Å². The molecule has 3 nitrogen and oxygen atoms in total. The molecule has 8 heteroatoms. The van der Waals surface area contributed by atoms with Crippen LogP contribution in [-0.2, 0) is 12.7 Å². The molecule has 104 valence electrons. The van der Waals surface area contributed by atoms with Gasteiger partial charge >= 0.3 is 6.18 Å². The van der Waals surface area contributed by atoms with E-state index in [1.807, 2.05) is 0 Å². The first kappa shape index (κ1) is 15.3. The molecule has 0 aliphatic carbocycles. The van der Waals surface area contributed by atoms with Crippen molar-refractivity contribution in [3.63, 3.8) is 0 Å². The van der Waals surface area contributed by atoms with Crippen LogP contribution in [0.15, 0.2) is 30.6 Å². The topological polar surface area (TPSA) is 43.8 Å². The summed E-state index contributed by atoms with van der Waals surface area (Å²) in [7, 11) is 0. The highest BCUT2D eigenvalue weighted by Crippen LogP contribution is 2.33. The van der Waals surface area contributed by atoms with Gasteiger partial charge in [0, 0.05) is 11.8 Å². The van der Waals surface area contributed by atoms with Crippen molar-refractivity contribution in [3.05, 3.63) is 47.5 Å². The highest BCUT2D eigenvalue weighted by Gasteiger charge is 2.34. The number of aromatic nitrogens is 2. The molecule has 0 aliphatic heterocycles. The van der Waals surface area contributed by atoms with Crippen molar-refractivity contribution in [2.75, 3.05) is 5.73 Å². The molecule has 2 N–H and O–H groups in total. The molecule has 1 heterocycles. The number of anilines is 1. The predicted octanol–water partition coefficient (Wildman–Crippen LogP) is 3.09. The Morgan fingerprint density at radius 2 is 1.95 bits per heavy atom. The summed E-state index contributed by atoms with van der Waals surface area (Å²) in [6.45, 7) is -0.321. The third-order valence-electron chi connectivity index (χ3n) is 2.40. The first-order valence-corrected chi connectivity index (χ1v) is 5.00. The normalized spacial score (nSPS) is 11.2. The molecular weight excluding hydrogens is 286 g/mol. The predicted molar refractivity (Wildman–Crippen MR) is 64.4 cm³/mol. The van der Waals surface area contributed by atoms with Crippen molar-refractivity contribution < 1.29 is 17.6 Å². The van der Waals surface area contributed by atoms with Crippen molar-refractivity contribution >= 4 is 18.1 Å². The fourth-order valence-electron chi connectivity index (χ4n) is 1.61. The summed E-state index contributed by atoms with van der Waals surface area (Å²) in [4.78, 5) is 0. The van der Waals surface area contributed by atoms with E-state index in [0.717, 1.165) is 22.9 Å². The molecule has 1 aromatic heterocycles. The van der Waals surface area contributed by atoms with E-state index >= 15 is 0 Å². The maximum Gasteiger partial charge on any atom is 0.416 e. The van der Waals surface area contributed by atoms with E-state index in [0.29, 0.717) is 5.69 Å². The van der Waals surface area contributed by atoms with Crippen molar-refractivity contribution in [2.24, 2.45) is 0 Å². The van der Waals surface area contributed by atoms with Gasteiger partial charge < -0.3 is 5.73 Å². The molecule has 0 radical (unpaired) electrons. The second kappa shape index (κ2) is 5.48. The molecule has 0 atom stereocenters. The molecule has 0 amide bonds. The third kappa shape index (κ3) is 3.37. The Balaban J connectivity index is 0.00000180. The summed E-state index contributed by atoms with van der Waals surface area (Å²) in [6, 6.07) is 2.85. The Morgan fingerprint density at radius 3 is 2.47 bits per heavy atom. The summed E-state index contributed by atoms with van der Waals surface area (Å²) >= 11 is 0. The highest BCUT2D eigenvalue weighted by atomic mass is 35.5. The Kier molecular flexibility index (Phi) is 4.41. The van der Waals surface area contributed by atoms with Crippen LogP contribution in [0.4, 0.5) is 23.2 Å². The van der Waals surface area contributed by atoms with E-state index in [-0.39, 0.29) is 19.0 Å². The van der Waals surface area contributed by atoms with Gasteiger partial charge in [-0.3, -0.25) is 4.68 Å². The number of halogens is 5. The van der Waals surface area contributed by atoms with E-state index in [2.05, 4.69) is 5.10 Å². The number of nitrogens with zero attached hydrogens (tertiary/aromatic N) is 2. The summed E-state index contributed by atoms with van der Waals surface area (Å²) in [6.07, 6.45) is -1.98. The number of nitrogens with two attached hydrogens (primary N) is 1. The zero-order valence-corrected chi connectivity index (χ0v) is 10.3. The second-order valence-corrected chi connectivity index (χ2v) is 3.73. The van der Waals surface area contributed by atoms with Gasteiger partial charge in [0.15, 0.2) is 0 Å². The number of hydrogen-bond acceptors (Lipinski definition) is 2. The fraction of sp³-hybridized carbons (Fsp3) is 0.182. The number of alkyl halides is 3. The van der Waals surface area contributed by atoms with Gasteiger partial charge in [0.25, 0.3) is 0 Å². The molecule has 0 bridgehead atoms. The van der Waals surface area contributed by atoms with E-state index in [1.54, 1.807) is 0 Å². The Hall–Kier alpha value is -1.76. The van der Waals surface area contributed by atoms with Gasteiger partial charge in [-0.1, -0.05) is 6.07 Å². The lowest BCUT2D eigenvalue weighted by molar-refractivity contribution is -0.138. The van der Waals surface area contributed by atoms with Crippen molar-refractivity contribution in [3.8, 4) is 0 Å². The zero-order chi connectivity index (χ0) is 13.3. The Morgan fingerprint density at radius 1 is 1.26 bits per heavy atom. The van der Waals surface area contributed by atoms with Gasteiger partial charge in [0.2, 0.25) is 0 Å². The Bertz CT molecular complexity index is 565. The molecule has 2 aromatic rings. The second-order valence-electron chi connectivity index (χ2n) is 3.73. The smallest absolute Gasteiger partial charge is 0.396 e. The average Bonchev–Trinajstić information content (AvgIpc) is 2.65. The largest absolute Gasteiger partial charge is 0.416 e. The fourth-order valence-corrected chi connectivity index (χ4v) is 1.61. The van der Waals surface area contributed by atoms with Crippen LogP contribution < -0.4 is 5.73 Å². The van der Waals surface area contributed by atoms with Gasteiger partial charge in [-0.25, -0.2) is 4.39 Å². The number of benzene rings is 1. The molecule has 19 heavy (non-hydrogen) atoms. The molecule has 0 spiro atoms. The van der Waals surface area contributed by atoms with Crippen LogP contribution in [0.5, 0.6) is 0 Å². The lowest BCUT2D eigenvalue weighted by Crippen LogP contribution is -2.13. The van der Waals surface area contributed by atoms with Crippen molar-refractivity contribution in [1.29, 1.82) is 0 Å². The number of hydrogen-bond donors (Lipinski definition) is 1. The molecule has 0 saturated carbocycles. The molecule has 0 aliphatic rings. The van der Waals surface area contributed by atoms with E-state index < -0.39 is 23.1 Å². The van der Waals surface area contributed by atoms with Crippen LogP contribution >= 0.6 is 12.4 Å². The zero-order valence-electron chi connectivity index (χ0n) is 9.49. The lowest BCUT2D eigenvalue weighted by Gasteiger charge is -2.13. The maximum atomic E-state index is 13.5. The first-order valence-electron chi connectivity index (χ1n) is 5.00. The molecule has 1 aromatic carbocycles. The minimum atomic E-state index is -4.60. The third-order valence-corrected chi connectivity index (χ3v) is 2.40. The summed E-state index contributed by atoms with van der Waals surface area (Å²) in [5.74, 6) is -0.918. The Labute approximate surface area is 112 Å². The van der Waals surface area contributed by atoms with Crippen LogP contribution in [0.2, 0.25) is 0 Å². The SMILES string of the molecule is Cl.Nc1cnn(Cc2c(F)cccc2C(F)(F)F)c1. The molecular formula is C11H10ClF4N3. The minimum absolute atomic E-state index is 0.